The second kappa shape index (κ2) is 5.41. The van der Waals surface area contributed by atoms with Gasteiger partial charge in [-0.1, -0.05) is 18.2 Å². The lowest BCUT2D eigenvalue weighted by atomic mass is 9.80. The Morgan fingerprint density at radius 3 is 2.89 bits per heavy atom. The van der Waals surface area contributed by atoms with Gasteiger partial charge in [0.2, 0.25) is 0 Å². The molecule has 1 aromatic rings. The summed E-state index contributed by atoms with van der Waals surface area (Å²) in [5.41, 5.74) is 1.74. The highest BCUT2D eigenvalue weighted by atomic mass is 16.5. The average Bonchev–Trinajstić information content (AvgIpc) is 2.42. The second-order valence-corrected chi connectivity index (χ2v) is 5.09. The molecule has 2 rings (SSSR count). The number of rotatable bonds is 3. The van der Waals surface area contributed by atoms with E-state index in [1.165, 1.54) is 5.56 Å². The molecule has 0 bridgehead atoms. The highest BCUT2D eigenvalue weighted by Gasteiger charge is 2.36. The number of nitrogens with one attached hydrogen (secondary N) is 1. The Balaban J connectivity index is 2.19. The molecule has 0 heterocycles. The summed E-state index contributed by atoms with van der Waals surface area (Å²) >= 11 is 0. The quantitative estimate of drug-likeness (QED) is 0.887. The van der Waals surface area contributed by atoms with E-state index in [0.29, 0.717) is 0 Å². The first-order chi connectivity index (χ1) is 8.69. The van der Waals surface area contributed by atoms with Gasteiger partial charge in [0.1, 0.15) is 5.54 Å². The Kier molecular flexibility index (Phi) is 3.88. The largest absolute Gasteiger partial charge is 0.381 e. The lowest BCUT2D eigenvalue weighted by Gasteiger charge is -2.36. The maximum atomic E-state index is 9.54. The van der Waals surface area contributed by atoms with Gasteiger partial charge in [0, 0.05) is 19.2 Å². The fourth-order valence-electron chi connectivity index (χ4n) is 2.64. The number of benzene rings is 1. The third-order valence-electron chi connectivity index (χ3n) is 3.77. The summed E-state index contributed by atoms with van der Waals surface area (Å²) in [6.07, 6.45) is 3.92. The molecule has 18 heavy (non-hydrogen) atoms. The minimum Gasteiger partial charge on any atom is -0.381 e. The number of aryl methyl sites for hydroxylation is 1. The van der Waals surface area contributed by atoms with Crippen molar-refractivity contribution in [2.75, 3.05) is 12.4 Å². The first-order valence-electron chi connectivity index (χ1n) is 6.47. The minimum absolute atomic E-state index is 0.190. The molecule has 0 aliphatic heterocycles. The molecule has 2 atom stereocenters. The Labute approximate surface area is 109 Å². The standard InChI is InChI=1S/C15H20N2O/c1-12-6-3-4-8-14(12)17-15(11-16)9-5-7-13(10-15)18-2/h3-4,6,8,13,17H,5,7,9-10H2,1-2H3. The zero-order valence-electron chi connectivity index (χ0n) is 11.1. The first-order valence-corrected chi connectivity index (χ1v) is 6.47. The molecule has 0 saturated heterocycles. The van der Waals surface area contributed by atoms with E-state index in [9.17, 15) is 5.26 Å². The van der Waals surface area contributed by atoms with Crippen LogP contribution in [0.1, 0.15) is 31.2 Å². The molecule has 3 nitrogen and oxygen atoms in total. The van der Waals surface area contributed by atoms with E-state index in [2.05, 4.69) is 24.4 Å². The van der Waals surface area contributed by atoms with Gasteiger partial charge >= 0.3 is 0 Å². The minimum atomic E-state index is -0.481. The molecule has 1 aliphatic carbocycles. The molecule has 96 valence electrons. The van der Waals surface area contributed by atoms with Crippen molar-refractivity contribution in [3.63, 3.8) is 0 Å². The smallest absolute Gasteiger partial charge is 0.127 e. The first kappa shape index (κ1) is 12.9. The predicted molar refractivity (Wildman–Crippen MR) is 72.4 cm³/mol. The van der Waals surface area contributed by atoms with Crippen molar-refractivity contribution in [2.45, 2.75) is 44.2 Å². The van der Waals surface area contributed by atoms with Crippen molar-refractivity contribution in [3.8, 4) is 6.07 Å². The third-order valence-corrected chi connectivity index (χ3v) is 3.77. The average molecular weight is 244 g/mol. The lowest BCUT2D eigenvalue weighted by Crippen LogP contribution is -2.44. The molecule has 0 spiro atoms. The molecule has 2 unspecified atom stereocenters. The number of ether oxygens (including phenoxy) is 1. The zero-order valence-corrected chi connectivity index (χ0v) is 11.1. The Morgan fingerprint density at radius 2 is 2.22 bits per heavy atom. The van der Waals surface area contributed by atoms with Crippen molar-refractivity contribution in [3.05, 3.63) is 29.8 Å². The van der Waals surface area contributed by atoms with Gasteiger partial charge in [0.05, 0.1) is 12.2 Å². The topological polar surface area (TPSA) is 45.0 Å². The second-order valence-electron chi connectivity index (χ2n) is 5.09. The molecular formula is C15H20N2O. The van der Waals surface area contributed by atoms with Crippen molar-refractivity contribution < 1.29 is 4.74 Å². The van der Waals surface area contributed by atoms with Crippen molar-refractivity contribution in [1.82, 2.24) is 0 Å². The summed E-state index contributed by atoms with van der Waals surface area (Å²) in [6.45, 7) is 2.06. The Hall–Kier alpha value is -1.53. The van der Waals surface area contributed by atoms with E-state index in [0.717, 1.165) is 31.4 Å². The molecule has 3 heteroatoms. The van der Waals surface area contributed by atoms with Gasteiger partial charge in [-0.3, -0.25) is 0 Å². The van der Waals surface area contributed by atoms with Crippen LogP contribution in [-0.4, -0.2) is 18.8 Å². The van der Waals surface area contributed by atoms with E-state index in [1.807, 2.05) is 18.2 Å². The summed E-state index contributed by atoms with van der Waals surface area (Å²) in [6, 6.07) is 10.6. The number of hydrogen-bond donors (Lipinski definition) is 1. The molecular weight excluding hydrogens is 224 g/mol. The van der Waals surface area contributed by atoms with Gasteiger partial charge in [-0.15, -0.1) is 0 Å². The lowest BCUT2D eigenvalue weighted by molar-refractivity contribution is 0.0569. The molecule has 0 radical (unpaired) electrons. The summed E-state index contributed by atoms with van der Waals surface area (Å²) in [5, 5.41) is 13.0. The normalized spacial score (nSPS) is 27.5. The molecule has 1 saturated carbocycles. The Morgan fingerprint density at radius 1 is 1.44 bits per heavy atom. The molecule has 1 aromatic carbocycles. The van der Waals surface area contributed by atoms with Crippen LogP contribution in [-0.2, 0) is 4.74 Å². The van der Waals surface area contributed by atoms with Crippen LogP contribution >= 0.6 is 0 Å². The molecule has 0 amide bonds. The van der Waals surface area contributed by atoms with Crippen LogP contribution in [0.15, 0.2) is 24.3 Å². The number of para-hydroxylation sites is 1. The highest BCUT2D eigenvalue weighted by Crippen LogP contribution is 2.33. The van der Waals surface area contributed by atoms with Gasteiger partial charge in [0.15, 0.2) is 0 Å². The fraction of sp³-hybridized carbons (Fsp3) is 0.533. The summed E-state index contributed by atoms with van der Waals surface area (Å²) < 4.78 is 5.43. The number of nitriles is 1. The number of nitrogens with zero attached hydrogens (tertiary/aromatic N) is 1. The number of anilines is 1. The van der Waals surface area contributed by atoms with Gasteiger partial charge in [-0.05, 0) is 37.8 Å². The molecule has 0 aromatic heterocycles. The maximum Gasteiger partial charge on any atom is 0.127 e. The van der Waals surface area contributed by atoms with E-state index in [4.69, 9.17) is 4.74 Å². The van der Waals surface area contributed by atoms with Crippen LogP contribution in [0.2, 0.25) is 0 Å². The summed E-state index contributed by atoms with van der Waals surface area (Å²) in [4.78, 5) is 0. The predicted octanol–water partition coefficient (Wildman–Crippen LogP) is 3.26. The van der Waals surface area contributed by atoms with Crippen molar-refractivity contribution in [2.24, 2.45) is 0 Å². The van der Waals surface area contributed by atoms with Crippen LogP contribution in [0, 0.1) is 18.3 Å². The number of methoxy groups -OCH3 is 1. The monoisotopic (exact) mass is 244 g/mol. The summed E-state index contributed by atoms with van der Waals surface area (Å²) in [5.74, 6) is 0. The van der Waals surface area contributed by atoms with Gasteiger partial charge in [-0.2, -0.15) is 5.26 Å². The summed E-state index contributed by atoms with van der Waals surface area (Å²) in [7, 11) is 1.73. The van der Waals surface area contributed by atoms with Gasteiger partial charge in [0.25, 0.3) is 0 Å². The van der Waals surface area contributed by atoms with Crippen molar-refractivity contribution in [1.29, 1.82) is 5.26 Å². The maximum absolute atomic E-state index is 9.54. The van der Waals surface area contributed by atoms with E-state index in [1.54, 1.807) is 7.11 Å². The molecule has 1 fully saturated rings. The molecule has 1 N–H and O–H groups in total. The van der Waals surface area contributed by atoms with Crippen LogP contribution in [0.4, 0.5) is 5.69 Å². The Bertz CT molecular complexity index is 452. The van der Waals surface area contributed by atoms with Crippen LogP contribution in [0.25, 0.3) is 0 Å². The third kappa shape index (κ3) is 2.65. The van der Waals surface area contributed by atoms with Crippen LogP contribution in [0.3, 0.4) is 0 Å². The zero-order chi connectivity index (χ0) is 13.0. The van der Waals surface area contributed by atoms with E-state index in [-0.39, 0.29) is 6.10 Å². The van der Waals surface area contributed by atoms with E-state index >= 15 is 0 Å². The van der Waals surface area contributed by atoms with Gasteiger partial charge in [-0.25, -0.2) is 0 Å². The fourth-order valence-corrected chi connectivity index (χ4v) is 2.64. The SMILES string of the molecule is COC1CCCC(C#N)(Nc2ccccc2C)C1. The van der Waals surface area contributed by atoms with E-state index < -0.39 is 5.54 Å². The highest BCUT2D eigenvalue weighted by molar-refractivity contribution is 5.53. The van der Waals surface area contributed by atoms with Gasteiger partial charge < -0.3 is 10.1 Å². The van der Waals surface area contributed by atoms with Crippen LogP contribution in [0.5, 0.6) is 0 Å². The molecule has 1 aliphatic rings. The van der Waals surface area contributed by atoms with Crippen molar-refractivity contribution >= 4 is 5.69 Å². The number of hydrogen-bond acceptors (Lipinski definition) is 3. The van der Waals surface area contributed by atoms with Crippen LogP contribution < -0.4 is 5.32 Å².